The Kier molecular flexibility index (Phi) is 6.73. The van der Waals surface area contributed by atoms with Gasteiger partial charge >= 0.3 is 5.97 Å². The molecule has 1 aromatic heterocycles. The summed E-state index contributed by atoms with van der Waals surface area (Å²) >= 11 is 1.56. The Balaban J connectivity index is 1.64. The maximum absolute atomic E-state index is 12.9. The lowest BCUT2D eigenvalue weighted by Gasteiger charge is -2.37. The van der Waals surface area contributed by atoms with Gasteiger partial charge in [-0.25, -0.2) is 9.78 Å². The van der Waals surface area contributed by atoms with Gasteiger partial charge in [0.2, 0.25) is 5.91 Å². The minimum atomic E-state index is -0.911. The third-order valence-corrected chi connectivity index (χ3v) is 5.91. The molecule has 1 aliphatic rings. The highest BCUT2D eigenvalue weighted by Gasteiger charge is 2.43. The summed E-state index contributed by atoms with van der Waals surface area (Å²) < 4.78 is 5.63. The standard InChI is InChI=1S/C23H30N2O3S/c1-22(2,3)28-21(27)23(12-8-5-9-13-23)25-19(26)15-18-16-29-20(24-18)14-17-10-6-4-7-11-17/h4,6-7,10-11,16H,5,8-9,12-15H2,1-3H3,(H,25,26). The topological polar surface area (TPSA) is 68.3 Å². The molecular weight excluding hydrogens is 384 g/mol. The fraction of sp³-hybridized carbons (Fsp3) is 0.522. The van der Waals surface area contributed by atoms with Crippen molar-refractivity contribution in [3.05, 3.63) is 52.0 Å². The molecule has 1 heterocycles. The lowest BCUT2D eigenvalue weighted by molar-refractivity contribution is -0.166. The number of rotatable bonds is 6. The summed E-state index contributed by atoms with van der Waals surface area (Å²) in [5.74, 6) is -0.490. The van der Waals surface area contributed by atoms with E-state index in [-0.39, 0.29) is 18.3 Å². The molecule has 1 aromatic carbocycles. The molecular formula is C23H30N2O3S. The summed E-state index contributed by atoms with van der Waals surface area (Å²) in [7, 11) is 0. The molecule has 3 rings (SSSR count). The van der Waals surface area contributed by atoms with Crippen molar-refractivity contribution in [3.8, 4) is 0 Å². The number of nitrogens with zero attached hydrogens (tertiary/aromatic N) is 1. The van der Waals surface area contributed by atoms with Crippen LogP contribution in [0, 0.1) is 0 Å². The van der Waals surface area contributed by atoms with E-state index in [0.717, 1.165) is 36.4 Å². The minimum Gasteiger partial charge on any atom is -0.458 e. The number of esters is 1. The molecule has 0 spiro atoms. The van der Waals surface area contributed by atoms with Crippen LogP contribution in [-0.4, -0.2) is 28.0 Å². The van der Waals surface area contributed by atoms with Crippen molar-refractivity contribution in [2.75, 3.05) is 0 Å². The summed E-state index contributed by atoms with van der Waals surface area (Å²) in [4.78, 5) is 30.3. The van der Waals surface area contributed by atoms with Gasteiger partial charge in [-0.15, -0.1) is 11.3 Å². The number of hydrogen-bond donors (Lipinski definition) is 1. The second-order valence-electron chi connectivity index (χ2n) is 8.76. The van der Waals surface area contributed by atoms with Crippen molar-refractivity contribution in [2.24, 2.45) is 0 Å². The van der Waals surface area contributed by atoms with Crippen molar-refractivity contribution in [1.29, 1.82) is 0 Å². The maximum atomic E-state index is 12.9. The smallest absolute Gasteiger partial charge is 0.332 e. The number of thiazole rings is 1. The summed E-state index contributed by atoms with van der Waals surface area (Å²) in [5.41, 5.74) is 0.455. The summed E-state index contributed by atoms with van der Waals surface area (Å²) in [6, 6.07) is 10.2. The SMILES string of the molecule is CC(C)(C)OC(=O)C1(NC(=O)Cc2csc(Cc3ccccc3)n2)CCCCC1. The van der Waals surface area contributed by atoms with Crippen LogP contribution in [0.1, 0.15) is 69.1 Å². The van der Waals surface area contributed by atoms with Crippen LogP contribution in [0.5, 0.6) is 0 Å². The van der Waals surface area contributed by atoms with Crippen LogP contribution >= 0.6 is 11.3 Å². The van der Waals surface area contributed by atoms with Gasteiger partial charge in [-0.05, 0) is 39.2 Å². The van der Waals surface area contributed by atoms with Gasteiger partial charge in [0.15, 0.2) is 0 Å². The Morgan fingerprint density at radius 1 is 1.14 bits per heavy atom. The first-order valence-corrected chi connectivity index (χ1v) is 11.2. The average Bonchev–Trinajstić information content (AvgIpc) is 3.08. The molecule has 0 radical (unpaired) electrons. The summed E-state index contributed by atoms with van der Waals surface area (Å²) in [6.45, 7) is 5.56. The molecule has 5 nitrogen and oxygen atoms in total. The van der Waals surface area contributed by atoms with Crippen LogP contribution in [0.4, 0.5) is 0 Å². The first-order valence-electron chi connectivity index (χ1n) is 10.3. The lowest BCUT2D eigenvalue weighted by atomic mass is 9.81. The molecule has 1 amide bonds. The van der Waals surface area contributed by atoms with E-state index in [9.17, 15) is 9.59 Å². The third-order valence-electron chi connectivity index (χ3n) is 5.01. The summed E-state index contributed by atoms with van der Waals surface area (Å²) in [5, 5.41) is 5.93. The second kappa shape index (κ2) is 9.08. The third kappa shape index (κ3) is 6.13. The number of amides is 1. The molecule has 0 bridgehead atoms. The number of nitrogens with one attached hydrogen (secondary N) is 1. The van der Waals surface area contributed by atoms with Crippen molar-refractivity contribution in [2.45, 2.75) is 76.9 Å². The summed E-state index contributed by atoms with van der Waals surface area (Å²) in [6.07, 6.45) is 5.10. The van der Waals surface area contributed by atoms with Crippen LogP contribution in [-0.2, 0) is 27.2 Å². The molecule has 6 heteroatoms. The van der Waals surface area contributed by atoms with Crippen LogP contribution in [0.15, 0.2) is 35.7 Å². The molecule has 29 heavy (non-hydrogen) atoms. The van der Waals surface area contributed by atoms with Crippen LogP contribution in [0.25, 0.3) is 0 Å². The van der Waals surface area contributed by atoms with Gasteiger partial charge in [0, 0.05) is 11.8 Å². The Bertz CT molecular complexity index is 833. The first kappa shape index (κ1) is 21.5. The van der Waals surface area contributed by atoms with Gasteiger partial charge in [-0.2, -0.15) is 0 Å². The highest BCUT2D eigenvalue weighted by Crippen LogP contribution is 2.31. The minimum absolute atomic E-state index is 0.172. The van der Waals surface area contributed by atoms with Gasteiger partial charge in [-0.3, -0.25) is 4.79 Å². The fourth-order valence-electron chi connectivity index (χ4n) is 3.67. The van der Waals surface area contributed by atoms with Gasteiger partial charge < -0.3 is 10.1 Å². The lowest BCUT2D eigenvalue weighted by Crippen LogP contribution is -2.57. The zero-order valence-electron chi connectivity index (χ0n) is 17.5. The van der Waals surface area contributed by atoms with E-state index in [4.69, 9.17) is 4.74 Å². The molecule has 0 atom stereocenters. The molecule has 1 N–H and O–H groups in total. The van der Waals surface area contributed by atoms with E-state index < -0.39 is 11.1 Å². The predicted molar refractivity (Wildman–Crippen MR) is 115 cm³/mol. The van der Waals surface area contributed by atoms with Gasteiger partial charge in [-0.1, -0.05) is 49.6 Å². The Morgan fingerprint density at radius 2 is 1.83 bits per heavy atom. The quantitative estimate of drug-likeness (QED) is 0.710. The first-order chi connectivity index (χ1) is 13.8. The number of carbonyl (C=O) groups excluding carboxylic acids is 2. The zero-order valence-corrected chi connectivity index (χ0v) is 18.3. The largest absolute Gasteiger partial charge is 0.458 e. The highest BCUT2D eigenvalue weighted by molar-refractivity contribution is 7.09. The van der Waals surface area contributed by atoms with E-state index in [2.05, 4.69) is 22.4 Å². The molecule has 1 fully saturated rings. The maximum Gasteiger partial charge on any atom is 0.332 e. The molecule has 0 unspecified atom stereocenters. The monoisotopic (exact) mass is 414 g/mol. The van der Waals surface area contributed by atoms with Crippen LogP contribution in [0.2, 0.25) is 0 Å². The van der Waals surface area contributed by atoms with Gasteiger partial charge in [0.05, 0.1) is 17.1 Å². The van der Waals surface area contributed by atoms with Crippen LogP contribution < -0.4 is 5.32 Å². The molecule has 156 valence electrons. The van der Waals surface area contributed by atoms with Crippen molar-refractivity contribution in [1.82, 2.24) is 10.3 Å². The number of aromatic nitrogens is 1. The van der Waals surface area contributed by atoms with Crippen molar-refractivity contribution in [3.63, 3.8) is 0 Å². The number of hydrogen-bond acceptors (Lipinski definition) is 5. The van der Waals surface area contributed by atoms with E-state index in [1.165, 1.54) is 5.56 Å². The fourth-order valence-corrected chi connectivity index (χ4v) is 4.50. The molecule has 2 aromatic rings. The molecule has 1 aliphatic carbocycles. The van der Waals surface area contributed by atoms with E-state index in [1.807, 2.05) is 44.4 Å². The predicted octanol–water partition coefficient (Wildman–Crippen LogP) is 4.44. The Hall–Kier alpha value is -2.21. The Morgan fingerprint density at radius 3 is 2.48 bits per heavy atom. The zero-order chi connectivity index (χ0) is 20.9. The average molecular weight is 415 g/mol. The molecule has 1 saturated carbocycles. The Labute approximate surface area is 176 Å². The van der Waals surface area contributed by atoms with E-state index in [1.54, 1.807) is 11.3 Å². The highest BCUT2D eigenvalue weighted by atomic mass is 32.1. The molecule has 0 aliphatic heterocycles. The van der Waals surface area contributed by atoms with Gasteiger partial charge in [0.1, 0.15) is 11.1 Å². The second-order valence-corrected chi connectivity index (χ2v) is 9.71. The van der Waals surface area contributed by atoms with Crippen molar-refractivity contribution < 1.29 is 14.3 Å². The van der Waals surface area contributed by atoms with Crippen molar-refractivity contribution >= 4 is 23.2 Å². The van der Waals surface area contributed by atoms with Gasteiger partial charge in [0.25, 0.3) is 0 Å². The normalized spacial score (nSPS) is 16.2. The number of benzene rings is 1. The van der Waals surface area contributed by atoms with E-state index in [0.29, 0.717) is 12.8 Å². The number of ether oxygens (including phenoxy) is 1. The number of carbonyl (C=O) groups is 2. The van der Waals surface area contributed by atoms with E-state index >= 15 is 0 Å². The molecule has 0 saturated heterocycles. The van der Waals surface area contributed by atoms with Crippen LogP contribution in [0.3, 0.4) is 0 Å².